The van der Waals surface area contributed by atoms with Gasteiger partial charge < -0.3 is 0 Å². The fourth-order valence-electron chi connectivity index (χ4n) is 4.67. The summed E-state index contributed by atoms with van der Waals surface area (Å²) in [4.78, 5) is 10.8. The zero-order chi connectivity index (χ0) is 13.9. The van der Waals surface area contributed by atoms with Crippen LogP contribution in [0.4, 0.5) is 0 Å². The minimum absolute atomic E-state index is 0.618. The lowest BCUT2D eigenvalue weighted by atomic mass is 9.93. The average Bonchev–Trinajstić information content (AvgIpc) is 2.26. The van der Waals surface area contributed by atoms with Gasteiger partial charge in [0, 0.05) is 0 Å². The Hall–Kier alpha value is -0.160. The van der Waals surface area contributed by atoms with E-state index in [2.05, 4.69) is 61.1 Å². The molecule has 0 N–H and O–H groups in total. The summed E-state index contributed by atoms with van der Waals surface area (Å²) < 4.78 is 0. The molecule has 4 aliphatic heterocycles. The third kappa shape index (κ3) is 1.96. The van der Waals surface area contributed by atoms with Crippen molar-refractivity contribution in [3.05, 3.63) is 0 Å². The fourth-order valence-corrected chi connectivity index (χ4v) is 4.67. The standard InChI is InChI=1S/C15H30N4/c1-10(2)13-16-7-17-9-18(8-16)15(12(5)6)19(13)14(17)11(3)4/h10-15H,7-9H2,1-6H3. The Morgan fingerprint density at radius 3 is 1.05 bits per heavy atom. The van der Waals surface area contributed by atoms with Crippen LogP contribution in [-0.4, -0.2) is 58.1 Å². The molecule has 0 aromatic carbocycles. The van der Waals surface area contributed by atoms with Crippen molar-refractivity contribution in [3.8, 4) is 0 Å². The Bertz CT molecular complexity index is 283. The number of hydrogen-bond donors (Lipinski definition) is 0. The van der Waals surface area contributed by atoms with Gasteiger partial charge in [0.15, 0.2) is 0 Å². The van der Waals surface area contributed by atoms with E-state index in [-0.39, 0.29) is 0 Å². The molecule has 4 fully saturated rings. The van der Waals surface area contributed by atoms with Crippen LogP contribution in [0.1, 0.15) is 41.5 Å². The topological polar surface area (TPSA) is 13.0 Å². The maximum atomic E-state index is 2.82. The molecule has 4 heterocycles. The molecular weight excluding hydrogens is 236 g/mol. The van der Waals surface area contributed by atoms with Crippen LogP contribution in [0.3, 0.4) is 0 Å². The molecule has 4 aliphatic rings. The molecule has 19 heavy (non-hydrogen) atoms. The van der Waals surface area contributed by atoms with Crippen molar-refractivity contribution in [3.63, 3.8) is 0 Å². The predicted molar refractivity (Wildman–Crippen MR) is 77.8 cm³/mol. The molecule has 0 aliphatic carbocycles. The van der Waals surface area contributed by atoms with Crippen LogP contribution in [0.15, 0.2) is 0 Å². The van der Waals surface area contributed by atoms with Gasteiger partial charge >= 0.3 is 0 Å². The van der Waals surface area contributed by atoms with Crippen molar-refractivity contribution in [2.24, 2.45) is 17.8 Å². The molecule has 3 atom stereocenters. The minimum Gasteiger partial charge on any atom is -0.261 e. The number of rotatable bonds is 3. The van der Waals surface area contributed by atoms with Crippen molar-refractivity contribution in [1.82, 2.24) is 19.6 Å². The van der Waals surface area contributed by atoms with Crippen LogP contribution < -0.4 is 0 Å². The summed E-state index contributed by atoms with van der Waals surface area (Å²) in [5.41, 5.74) is 0. The van der Waals surface area contributed by atoms with Crippen molar-refractivity contribution >= 4 is 0 Å². The predicted octanol–water partition coefficient (Wildman–Crippen LogP) is 2.05. The smallest absolute Gasteiger partial charge is 0.0696 e. The Kier molecular flexibility index (Phi) is 3.41. The quantitative estimate of drug-likeness (QED) is 0.775. The van der Waals surface area contributed by atoms with Crippen molar-refractivity contribution in [1.29, 1.82) is 0 Å². The van der Waals surface area contributed by atoms with Gasteiger partial charge in [-0.1, -0.05) is 41.5 Å². The molecule has 4 rings (SSSR count). The van der Waals surface area contributed by atoms with E-state index in [1.165, 1.54) is 0 Å². The van der Waals surface area contributed by atoms with Crippen LogP contribution in [0.25, 0.3) is 0 Å². The van der Waals surface area contributed by atoms with Gasteiger partial charge in [-0.3, -0.25) is 19.6 Å². The molecule has 4 nitrogen and oxygen atoms in total. The maximum Gasteiger partial charge on any atom is 0.0696 e. The van der Waals surface area contributed by atoms with E-state index in [0.29, 0.717) is 36.3 Å². The summed E-state index contributed by atoms with van der Waals surface area (Å²) in [6.07, 6.45) is 1.85. The molecule has 0 amide bonds. The van der Waals surface area contributed by atoms with Crippen LogP contribution in [0, 0.1) is 17.8 Å². The first kappa shape index (κ1) is 13.8. The summed E-state index contributed by atoms with van der Waals surface area (Å²) in [6.45, 7) is 17.8. The molecular formula is C15H30N4. The van der Waals surface area contributed by atoms with Crippen LogP contribution in [0.5, 0.6) is 0 Å². The van der Waals surface area contributed by atoms with E-state index in [1.54, 1.807) is 0 Å². The zero-order valence-corrected chi connectivity index (χ0v) is 13.4. The fraction of sp³-hybridized carbons (Fsp3) is 1.00. The highest BCUT2D eigenvalue weighted by molar-refractivity contribution is 5.00. The molecule has 3 unspecified atom stereocenters. The second kappa shape index (κ2) is 4.69. The normalized spacial score (nSPS) is 48.8. The summed E-state index contributed by atoms with van der Waals surface area (Å²) in [5.74, 6) is 2.10. The minimum atomic E-state index is 0.618. The summed E-state index contributed by atoms with van der Waals surface area (Å²) >= 11 is 0. The van der Waals surface area contributed by atoms with Gasteiger partial charge in [0.05, 0.1) is 38.5 Å². The first-order valence-corrected chi connectivity index (χ1v) is 7.91. The van der Waals surface area contributed by atoms with Gasteiger partial charge in [0.25, 0.3) is 0 Å². The van der Waals surface area contributed by atoms with Crippen LogP contribution >= 0.6 is 0 Å². The SMILES string of the molecule is CC(C)C1N2CN3CN(C2)C(C(C)C)N1C3C(C)C. The van der Waals surface area contributed by atoms with Gasteiger partial charge in [0.1, 0.15) is 0 Å². The monoisotopic (exact) mass is 266 g/mol. The first-order valence-electron chi connectivity index (χ1n) is 7.91. The van der Waals surface area contributed by atoms with Gasteiger partial charge in [-0.2, -0.15) is 0 Å². The lowest BCUT2D eigenvalue weighted by Gasteiger charge is -2.70. The molecule has 0 aromatic heterocycles. The van der Waals surface area contributed by atoms with Crippen molar-refractivity contribution in [2.75, 3.05) is 20.0 Å². The van der Waals surface area contributed by atoms with E-state index >= 15 is 0 Å². The molecule has 4 bridgehead atoms. The second-order valence-corrected chi connectivity index (χ2v) is 7.61. The molecule has 110 valence electrons. The van der Waals surface area contributed by atoms with Crippen LogP contribution in [-0.2, 0) is 0 Å². The molecule has 0 radical (unpaired) electrons. The van der Waals surface area contributed by atoms with Crippen LogP contribution in [0.2, 0.25) is 0 Å². The zero-order valence-electron chi connectivity index (χ0n) is 13.4. The van der Waals surface area contributed by atoms with Gasteiger partial charge in [-0.25, -0.2) is 0 Å². The van der Waals surface area contributed by atoms with E-state index in [4.69, 9.17) is 0 Å². The van der Waals surface area contributed by atoms with Gasteiger partial charge in [0.2, 0.25) is 0 Å². The summed E-state index contributed by atoms with van der Waals surface area (Å²) in [7, 11) is 0. The average molecular weight is 266 g/mol. The largest absolute Gasteiger partial charge is 0.261 e. The molecule has 4 saturated heterocycles. The third-order valence-corrected chi connectivity index (χ3v) is 4.92. The second-order valence-electron chi connectivity index (χ2n) is 7.61. The number of nitrogens with zero attached hydrogens (tertiary/aromatic N) is 4. The number of hydrogen-bond acceptors (Lipinski definition) is 4. The van der Waals surface area contributed by atoms with E-state index in [1.807, 2.05) is 0 Å². The summed E-state index contributed by atoms with van der Waals surface area (Å²) in [5, 5.41) is 0. The highest BCUT2D eigenvalue weighted by Gasteiger charge is 2.55. The molecule has 0 saturated carbocycles. The molecule has 0 aromatic rings. The van der Waals surface area contributed by atoms with Gasteiger partial charge in [-0.05, 0) is 17.8 Å². The Balaban J connectivity index is 1.99. The summed E-state index contributed by atoms with van der Waals surface area (Å²) in [6, 6.07) is 0. The van der Waals surface area contributed by atoms with E-state index in [0.717, 1.165) is 20.0 Å². The van der Waals surface area contributed by atoms with E-state index in [9.17, 15) is 0 Å². The van der Waals surface area contributed by atoms with E-state index < -0.39 is 0 Å². The molecule has 0 spiro atoms. The van der Waals surface area contributed by atoms with Gasteiger partial charge in [-0.15, -0.1) is 0 Å². The molecule has 4 heteroatoms. The Labute approximate surface area is 118 Å². The Morgan fingerprint density at radius 2 is 0.842 bits per heavy atom. The third-order valence-electron chi connectivity index (χ3n) is 4.92. The highest BCUT2D eigenvalue weighted by Crippen LogP contribution is 2.41. The maximum absolute atomic E-state index is 2.82. The van der Waals surface area contributed by atoms with Crippen molar-refractivity contribution in [2.45, 2.75) is 60.0 Å². The lowest BCUT2D eigenvalue weighted by Crippen LogP contribution is -2.84. The Morgan fingerprint density at radius 1 is 0.579 bits per heavy atom. The first-order chi connectivity index (χ1) is 8.91. The van der Waals surface area contributed by atoms with Crippen molar-refractivity contribution < 1.29 is 0 Å². The lowest BCUT2D eigenvalue weighted by molar-refractivity contribution is -0.317. The highest BCUT2D eigenvalue weighted by atomic mass is 15.7.